The Kier molecular flexibility index (Phi) is 4.02. The van der Waals surface area contributed by atoms with Crippen molar-refractivity contribution in [3.8, 4) is 0 Å². The number of hydrogen-bond donors (Lipinski definition) is 1. The van der Waals surface area contributed by atoms with Crippen LogP contribution >= 0.6 is 0 Å². The Labute approximate surface area is 117 Å². The molecule has 112 valence electrons. The molecule has 2 unspecified atom stereocenters. The molecular formula is C13H18F2N2O2S. The van der Waals surface area contributed by atoms with Crippen molar-refractivity contribution in [1.29, 1.82) is 0 Å². The second kappa shape index (κ2) is 5.29. The molecule has 2 atom stereocenters. The maximum absolute atomic E-state index is 14.0. The number of nitrogens with two attached hydrogens (primary N) is 1. The maximum Gasteiger partial charge on any atom is 0.246 e. The van der Waals surface area contributed by atoms with Gasteiger partial charge in [0.05, 0.1) is 0 Å². The Bertz CT molecular complexity index is 619. The number of halogens is 2. The highest BCUT2D eigenvalue weighted by Gasteiger charge is 2.35. The van der Waals surface area contributed by atoms with E-state index in [1.807, 2.05) is 6.92 Å². The zero-order chi connectivity index (χ0) is 15.1. The Balaban J connectivity index is 2.47. The van der Waals surface area contributed by atoms with E-state index in [1.54, 1.807) is 6.92 Å². The van der Waals surface area contributed by atoms with E-state index in [9.17, 15) is 17.2 Å². The average Bonchev–Trinajstić information content (AvgIpc) is 2.38. The highest BCUT2D eigenvalue weighted by molar-refractivity contribution is 7.89. The van der Waals surface area contributed by atoms with Crippen LogP contribution in [0.4, 0.5) is 14.5 Å². The molecular weight excluding hydrogens is 286 g/mol. The van der Waals surface area contributed by atoms with Crippen LogP contribution in [0.1, 0.15) is 26.7 Å². The van der Waals surface area contributed by atoms with E-state index in [1.165, 1.54) is 4.31 Å². The van der Waals surface area contributed by atoms with Crippen LogP contribution in [-0.4, -0.2) is 25.3 Å². The van der Waals surface area contributed by atoms with Crippen LogP contribution < -0.4 is 5.73 Å². The van der Waals surface area contributed by atoms with Crippen molar-refractivity contribution in [2.75, 3.05) is 12.3 Å². The normalized spacial score (nSPS) is 24.8. The predicted octanol–water partition coefficient (Wildman–Crippen LogP) is 2.36. The molecule has 2 N–H and O–H groups in total. The molecule has 0 aliphatic carbocycles. The van der Waals surface area contributed by atoms with E-state index in [4.69, 9.17) is 5.73 Å². The van der Waals surface area contributed by atoms with Crippen LogP contribution in [0.5, 0.6) is 0 Å². The summed E-state index contributed by atoms with van der Waals surface area (Å²) in [6.07, 6.45) is 1.65. The smallest absolute Gasteiger partial charge is 0.246 e. The monoisotopic (exact) mass is 304 g/mol. The van der Waals surface area contributed by atoms with Crippen molar-refractivity contribution < 1.29 is 17.2 Å². The summed E-state index contributed by atoms with van der Waals surface area (Å²) < 4.78 is 53.5. The topological polar surface area (TPSA) is 63.4 Å². The van der Waals surface area contributed by atoms with E-state index in [2.05, 4.69) is 0 Å². The van der Waals surface area contributed by atoms with Crippen molar-refractivity contribution >= 4 is 15.7 Å². The molecule has 0 spiro atoms. The molecule has 0 radical (unpaired) electrons. The van der Waals surface area contributed by atoms with E-state index < -0.39 is 32.2 Å². The standard InChI is InChI=1S/C13H18F2N2O2S/c1-8-3-4-9(2)17(7-8)20(18,19)11-6-5-10(14)13(16)12(11)15/h5-6,8-9H,3-4,7,16H2,1-2H3. The van der Waals surface area contributed by atoms with Crippen molar-refractivity contribution in [3.05, 3.63) is 23.8 Å². The third-order valence-corrected chi connectivity index (χ3v) is 5.74. The van der Waals surface area contributed by atoms with Gasteiger partial charge in [-0.15, -0.1) is 0 Å². The van der Waals surface area contributed by atoms with Crippen LogP contribution in [0, 0.1) is 17.6 Å². The van der Waals surface area contributed by atoms with Crippen molar-refractivity contribution in [3.63, 3.8) is 0 Å². The first-order valence-electron chi connectivity index (χ1n) is 6.50. The molecule has 20 heavy (non-hydrogen) atoms. The minimum atomic E-state index is -4.00. The van der Waals surface area contributed by atoms with Gasteiger partial charge in [0.15, 0.2) is 5.82 Å². The van der Waals surface area contributed by atoms with Crippen LogP contribution in [0.3, 0.4) is 0 Å². The van der Waals surface area contributed by atoms with Crippen LogP contribution in [0.2, 0.25) is 0 Å². The summed E-state index contributed by atoms with van der Waals surface area (Å²) in [5, 5.41) is 0. The van der Waals surface area contributed by atoms with Crippen LogP contribution in [-0.2, 0) is 10.0 Å². The molecule has 0 bridgehead atoms. The van der Waals surface area contributed by atoms with Gasteiger partial charge in [-0.05, 0) is 37.8 Å². The minimum absolute atomic E-state index is 0.207. The van der Waals surface area contributed by atoms with Gasteiger partial charge in [0.1, 0.15) is 16.4 Å². The molecule has 1 heterocycles. The second-order valence-electron chi connectivity index (χ2n) is 5.38. The molecule has 4 nitrogen and oxygen atoms in total. The first kappa shape index (κ1) is 15.2. The third-order valence-electron chi connectivity index (χ3n) is 3.74. The van der Waals surface area contributed by atoms with Gasteiger partial charge in [0.25, 0.3) is 0 Å². The van der Waals surface area contributed by atoms with Gasteiger partial charge in [-0.1, -0.05) is 6.92 Å². The molecule has 0 aromatic heterocycles. The quantitative estimate of drug-likeness (QED) is 0.853. The lowest BCUT2D eigenvalue weighted by Gasteiger charge is -2.35. The fourth-order valence-corrected chi connectivity index (χ4v) is 4.32. The zero-order valence-electron chi connectivity index (χ0n) is 11.4. The highest BCUT2D eigenvalue weighted by atomic mass is 32.2. The molecule has 1 saturated heterocycles. The molecule has 1 aromatic rings. The summed E-state index contributed by atoms with van der Waals surface area (Å²) in [5.41, 5.74) is 4.48. The number of benzene rings is 1. The van der Waals surface area contributed by atoms with E-state index in [0.29, 0.717) is 6.54 Å². The lowest BCUT2D eigenvalue weighted by molar-refractivity contribution is 0.217. The molecule has 1 fully saturated rings. The minimum Gasteiger partial charge on any atom is -0.394 e. The summed E-state index contributed by atoms with van der Waals surface area (Å²) in [6.45, 7) is 4.07. The summed E-state index contributed by atoms with van der Waals surface area (Å²) in [6, 6.07) is 1.60. The van der Waals surface area contributed by atoms with Gasteiger partial charge in [-0.25, -0.2) is 17.2 Å². The van der Waals surface area contributed by atoms with E-state index >= 15 is 0 Å². The van der Waals surface area contributed by atoms with Gasteiger partial charge >= 0.3 is 0 Å². The number of anilines is 1. The Hall–Kier alpha value is -1.21. The average molecular weight is 304 g/mol. The summed E-state index contributed by atoms with van der Waals surface area (Å²) in [4.78, 5) is -0.558. The lowest BCUT2D eigenvalue weighted by Crippen LogP contribution is -2.45. The largest absolute Gasteiger partial charge is 0.394 e. The molecule has 0 amide bonds. The molecule has 7 heteroatoms. The van der Waals surface area contributed by atoms with E-state index in [0.717, 1.165) is 25.0 Å². The molecule has 1 aromatic carbocycles. The number of sulfonamides is 1. The Morgan fingerprint density at radius 3 is 2.55 bits per heavy atom. The van der Waals surface area contributed by atoms with Gasteiger partial charge in [0.2, 0.25) is 10.0 Å². The molecule has 1 aliphatic rings. The summed E-state index contributed by atoms with van der Waals surface area (Å²) >= 11 is 0. The lowest BCUT2D eigenvalue weighted by atomic mass is 9.97. The maximum atomic E-state index is 14.0. The second-order valence-corrected chi connectivity index (χ2v) is 7.24. The fraction of sp³-hybridized carbons (Fsp3) is 0.538. The first-order valence-corrected chi connectivity index (χ1v) is 7.94. The Morgan fingerprint density at radius 2 is 1.90 bits per heavy atom. The van der Waals surface area contributed by atoms with Crippen LogP contribution in [0.15, 0.2) is 17.0 Å². The molecule has 2 rings (SSSR count). The van der Waals surface area contributed by atoms with Gasteiger partial charge in [0, 0.05) is 12.6 Å². The fourth-order valence-electron chi connectivity index (χ4n) is 2.46. The van der Waals surface area contributed by atoms with E-state index in [-0.39, 0.29) is 12.0 Å². The summed E-state index contributed by atoms with van der Waals surface area (Å²) in [5.74, 6) is -1.96. The third kappa shape index (κ3) is 2.52. The van der Waals surface area contributed by atoms with Crippen LogP contribution in [0.25, 0.3) is 0 Å². The number of rotatable bonds is 2. The summed E-state index contributed by atoms with van der Waals surface area (Å²) in [7, 11) is -4.00. The van der Waals surface area contributed by atoms with Gasteiger partial charge in [-0.3, -0.25) is 0 Å². The van der Waals surface area contributed by atoms with Crippen molar-refractivity contribution in [2.24, 2.45) is 5.92 Å². The number of nitrogen functional groups attached to an aromatic ring is 1. The molecule has 0 saturated carbocycles. The van der Waals surface area contributed by atoms with Crippen molar-refractivity contribution in [1.82, 2.24) is 4.31 Å². The molecule has 1 aliphatic heterocycles. The van der Waals surface area contributed by atoms with Crippen molar-refractivity contribution in [2.45, 2.75) is 37.6 Å². The number of piperidine rings is 1. The van der Waals surface area contributed by atoms with Gasteiger partial charge in [-0.2, -0.15) is 4.31 Å². The Morgan fingerprint density at radius 1 is 1.25 bits per heavy atom. The first-order chi connectivity index (χ1) is 9.25. The number of nitrogens with zero attached hydrogens (tertiary/aromatic N) is 1. The van der Waals surface area contributed by atoms with Gasteiger partial charge < -0.3 is 5.73 Å². The zero-order valence-corrected chi connectivity index (χ0v) is 12.3. The highest BCUT2D eigenvalue weighted by Crippen LogP contribution is 2.31. The number of hydrogen-bond acceptors (Lipinski definition) is 3. The SMILES string of the molecule is CC1CCC(C)N(S(=O)(=O)c2ccc(F)c(N)c2F)C1. The predicted molar refractivity (Wildman–Crippen MR) is 72.5 cm³/mol.